The van der Waals surface area contributed by atoms with Crippen LogP contribution in [-0.2, 0) is 4.79 Å². The molecule has 1 N–H and O–H groups in total. The molecule has 150 valence electrons. The number of aryl methyl sites for hydroxylation is 1. The lowest BCUT2D eigenvalue weighted by molar-refractivity contribution is -0.120. The normalized spacial score (nSPS) is 15.8. The van der Waals surface area contributed by atoms with Crippen molar-refractivity contribution in [2.45, 2.75) is 19.9 Å². The Morgan fingerprint density at radius 2 is 1.68 bits per heavy atom. The number of carbonyl (C=O) groups excluding carboxylic acids is 1. The Balaban J connectivity index is 1.57. The number of piperazine rings is 1. The Morgan fingerprint density at radius 1 is 1.00 bits per heavy atom. The van der Waals surface area contributed by atoms with Crippen LogP contribution in [0, 0.1) is 6.92 Å². The molecule has 6 nitrogen and oxygen atoms in total. The van der Waals surface area contributed by atoms with Gasteiger partial charge in [-0.3, -0.25) is 9.69 Å². The number of rotatable bonds is 6. The molecule has 1 saturated heterocycles. The van der Waals surface area contributed by atoms with Crippen molar-refractivity contribution < 1.29 is 14.3 Å². The van der Waals surface area contributed by atoms with Crippen LogP contribution in [0.1, 0.15) is 12.5 Å². The average Bonchev–Trinajstić information content (AvgIpc) is 2.73. The van der Waals surface area contributed by atoms with E-state index in [2.05, 4.69) is 27.2 Å². The Kier molecular flexibility index (Phi) is 6.41. The number of nitrogens with zero attached hydrogens (tertiary/aromatic N) is 2. The van der Waals surface area contributed by atoms with Crippen LogP contribution in [0.5, 0.6) is 11.5 Å². The summed E-state index contributed by atoms with van der Waals surface area (Å²) in [5, 5.41) is 3.02. The summed E-state index contributed by atoms with van der Waals surface area (Å²) in [5.41, 5.74) is 2.98. The van der Waals surface area contributed by atoms with Gasteiger partial charge in [-0.15, -0.1) is 0 Å². The predicted octanol–water partition coefficient (Wildman–Crippen LogP) is 3.16. The molecule has 0 aromatic heterocycles. The van der Waals surface area contributed by atoms with Gasteiger partial charge < -0.3 is 19.7 Å². The molecule has 0 saturated carbocycles. The van der Waals surface area contributed by atoms with Crippen LogP contribution in [0.4, 0.5) is 11.4 Å². The highest BCUT2D eigenvalue weighted by molar-refractivity contribution is 5.96. The van der Waals surface area contributed by atoms with E-state index in [0.717, 1.165) is 43.2 Å². The van der Waals surface area contributed by atoms with Gasteiger partial charge in [-0.25, -0.2) is 0 Å². The zero-order valence-corrected chi connectivity index (χ0v) is 17.1. The first-order valence-corrected chi connectivity index (χ1v) is 9.60. The van der Waals surface area contributed by atoms with Gasteiger partial charge in [0.25, 0.3) is 0 Å². The third kappa shape index (κ3) is 4.57. The van der Waals surface area contributed by atoms with E-state index in [0.29, 0.717) is 5.75 Å². The molecule has 0 aliphatic carbocycles. The summed E-state index contributed by atoms with van der Waals surface area (Å²) < 4.78 is 10.6. The lowest BCUT2D eigenvalue weighted by atomic mass is 10.1. The van der Waals surface area contributed by atoms with Crippen LogP contribution in [0.3, 0.4) is 0 Å². The predicted molar refractivity (Wildman–Crippen MR) is 113 cm³/mol. The SMILES string of the molecule is COc1ccc(N2CCN([C@H](C)C(=O)Nc3cc(C)ccc3OC)CC2)cc1. The first kappa shape index (κ1) is 20.0. The minimum atomic E-state index is -0.205. The van der Waals surface area contributed by atoms with E-state index >= 15 is 0 Å². The molecule has 1 atom stereocenters. The topological polar surface area (TPSA) is 54.0 Å². The van der Waals surface area contributed by atoms with Crippen molar-refractivity contribution in [1.29, 1.82) is 0 Å². The fourth-order valence-corrected chi connectivity index (χ4v) is 3.48. The van der Waals surface area contributed by atoms with Crippen LogP contribution in [0.25, 0.3) is 0 Å². The van der Waals surface area contributed by atoms with E-state index in [1.54, 1.807) is 14.2 Å². The van der Waals surface area contributed by atoms with Crippen molar-refractivity contribution in [3.63, 3.8) is 0 Å². The van der Waals surface area contributed by atoms with Crippen molar-refractivity contribution in [1.82, 2.24) is 4.90 Å². The Labute approximate surface area is 167 Å². The van der Waals surface area contributed by atoms with E-state index in [9.17, 15) is 4.79 Å². The smallest absolute Gasteiger partial charge is 0.241 e. The second-order valence-corrected chi connectivity index (χ2v) is 7.09. The molecule has 3 rings (SSSR count). The summed E-state index contributed by atoms with van der Waals surface area (Å²) in [5.74, 6) is 1.52. The van der Waals surface area contributed by atoms with E-state index in [-0.39, 0.29) is 11.9 Å². The Hall–Kier alpha value is -2.73. The maximum atomic E-state index is 12.8. The largest absolute Gasteiger partial charge is 0.497 e. The highest BCUT2D eigenvalue weighted by Crippen LogP contribution is 2.26. The number of hydrogen-bond acceptors (Lipinski definition) is 5. The monoisotopic (exact) mass is 383 g/mol. The molecule has 1 amide bonds. The van der Waals surface area contributed by atoms with Gasteiger partial charge in [-0.2, -0.15) is 0 Å². The molecule has 0 unspecified atom stereocenters. The van der Waals surface area contributed by atoms with E-state index in [1.165, 1.54) is 5.69 Å². The van der Waals surface area contributed by atoms with Gasteiger partial charge in [0.2, 0.25) is 5.91 Å². The van der Waals surface area contributed by atoms with Crippen molar-refractivity contribution >= 4 is 17.3 Å². The number of methoxy groups -OCH3 is 2. The van der Waals surface area contributed by atoms with Gasteiger partial charge in [-0.1, -0.05) is 6.07 Å². The summed E-state index contributed by atoms with van der Waals surface area (Å²) in [7, 11) is 3.29. The molecule has 1 heterocycles. The van der Waals surface area contributed by atoms with Gasteiger partial charge in [0.1, 0.15) is 11.5 Å². The van der Waals surface area contributed by atoms with Gasteiger partial charge in [0.05, 0.1) is 25.9 Å². The van der Waals surface area contributed by atoms with Crippen LogP contribution < -0.4 is 19.7 Å². The summed E-state index contributed by atoms with van der Waals surface area (Å²) in [4.78, 5) is 17.3. The fourth-order valence-electron chi connectivity index (χ4n) is 3.48. The molecule has 0 bridgehead atoms. The molecular formula is C22H29N3O3. The highest BCUT2D eigenvalue weighted by atomic mass is 16.5. The minimum Gasteiger partial charge on any atom is -0.497 e. The van der Waals surface area contributed by atoms with Crippen LogP contribution in [0.15, 0.2) is 42.5 Å². The summed E-state index contributed by atoms with van der Waals surface area (Å²) in [6.45, 7) is 7.41. The van der Waals surface area contributed by atoms with Gasteiger partial charge >= 0.3 is 0 Å². The first-order valence-electron chi connectivity index (χ1n) is 9.60. The number of amides is 1. The number of benzene rings is 2. The summed E-state index contributed by atoms with van der Waals surface area (Å²) in [6, 6.07) is 13.7. The molecule has 6 heteroatoms. The maximum Gasteiger partial charge on any atom is 0.241 e. The average molecular weight is 383 g/mol. The number of ether oxygens (including phenoxy) is 2. The molecule has 0 spiro atoms. The van der Waals surface area contributed by atoms with Crippen molar-refractivity contribution in [3.8, 4) is 11.5 Å². The number of carbonyl (C=O) groups is 1. The lowest BCUT2D eigenvalue weighted by Crippen LogP contribution is -2.52. The van der Waals surface area contributed by atoms with E-state index < -0.39 is 0 Å². The molecule has 2 aromatic carbocycles. The quantitative estimate of drug-likeness (QED) is 0.830. The fraction of sp³-hybridized carbons (Fsp3) is 0.409. The van der Waals surface area contributed by atoms with Crippen LogP contribution >= 0.6 is 0 Å². The third-order valence-corrected chi connectivity index (χ3v) is 5.29. The number of nitrogens with one attached hydrogen (secondary N) is 1. The van der Waals surface area contributed by atoms with Gasteiger partial charge in [0, 0.05) is 31.9 Å². The summed E-state index contributed by atoms with van der Waals surface area (Å²) >= 11 is 0. The van der Waals surface area contributed by atoms with E-state index in [1.807, 2.05) is 44.2 Å². The van der Waals surface area contributed by atoms with Gasteiger partial charge in [-0.05, 0) is 55.8 Å². The van der Waals surface area contributed by atoms with Crippen molar-refractivity contribution in [2.75, 3.05) is 50.6 Å². The van der Waals surface area contributed by atoms with Crippen molar-refractivity contribution in [2.24, 2.45) is 0 Å². The molecule has 28 heavy (non-hydrogen) atoms. The zero-order valence-electron chi connectivity index (χ0n) is 17.1. The lowest BCUT2D eigenvalue weighted by Gasteiger charge is -2.38. The molecule has 2 aromatic rings. The Bertz CT molecular complexity index is 799. The second kappa shape index (κ2) is 8.97. The maximum absolute atomic E-state index is 12.8. The van der Waals surface area contributed by atoms with Crippen LogP contribution in [0.2, 0.25) is 0 Å². The number of hydrogen-bond donors (Lipinski definition) is 1. The highest BCUT2D eigenvalue weighted by Gasteiger charge is 2.26. The second-order valence-electron chi connectivity index (χ2n) is 7.09. The molecular weight excluding hydrogens is 354 g/mol. The Morgan fingerprint density at radius 3 is 2.29 bits per heavy atom. The van der Waals surface area contributed by atoms with E-state index in [4.69, 9.17) is 9.47 Å². The molecule has 1 fully saturated rings. The van der Waals surface area contributed by atoms with Crippen molar-refractivity contribution in [3.05, 3.63) is 48.0 Å². The molecule has 1 aliphatic rings. The van der Waals surface area contributed by atoms with Crippen LogP contribution in [-0.4, -0.2) is 57.2 Å². The summed E-state index contributed by atoms with van der Waals surface area (Å²) in [6.07, 6.45) is 0. The standard InChI is InChI=1S/C22H29N3O3/c1-16-5-10-21(28-4)20(15-16)23-22(26)17(2)24-11-13-25(14-12-24)18-6-8-19(27-3)9-7-18/h5-10,15,17H,11-14H2,1-4H3,(H,23,26)/t17-/m1/s1. The molecule has 1 aliphatic heterocycles. The zero-order chi connectivity index (χ0) is 20.1. The first-order chi connectivity index (χ1) is 13.5. The minimum absolute atomic E-state index is 0.0122. The van der Waals surface area contributed by atoms with Gasteiger partial charge in [0.15, 0.2) is 0 Å². The molecule has 0 radical (unpaired) electrons. The number of anilines is 2. The third-order valence-electron chi connectivity index (χ3n) is 5.29.